The second kappa shape index (κ2) is 6.97. The second-order valence-corrected chi connectivity index (χ2v) is 19.6. The largest absolute Gasteiger partial charge is 0 e. The quantitative estimate of drug-likeness (QED) is 0.360. The molecule has 0 unspecified atom stereocenters. The molecule has 0 amide bonds. The van der Waals surface area contributed by atoms with Gasteiger partial charge in [-0.3, -0.25) is 0 Å². The van der Waals surface area contributed by atoms with Crippen molar-refractivity contribution in [3.05, 3.63) is 91.0 Å². The minimum absolute atomic E-state index is 0. The molecular weight excluding hydrogens is 466 g/mol. The van der Waals surface area contributed by atoms with Crippen LogP contribution in [0.2, 0.25) is 0 Å². The molecular formula is C18H15Br2NiP. The molecule has 4 heteroatoms. The van der Waals surface area contributed by atoms with Gasteiger partial charge in [0.15, 0.2) is 0 Å². The smallest absolute Gasteiger partial charge is 0 e. The number of rotatable bonds is 3. The Morgan fingerprint density at radius 1 is 0.455 bits per heavy atom. The van der Waals surface area contributed by atoms with Crippen LogP contribution < -0.4 is 15.9 Å². The SMILES string of the molecule is BrP(Br)(c1ccccc1)(c1ccccc1)c1ccccc1.[Ni]. The Morgan fingerprint density at radius 3 is 0.909 bits per heavy atom. The first-order valence-corrected chi connectivity index (χ1v) is 13.0. The molecule has 116 valence electrons. The van der Waals surface area contributed by atoms with Crippen molar-refractivity contribution in [2.45, 2.75) is 0 Å². The van der Waals surface area contributed by atoms with E-state index in [4.69, 9.17) is 0 Å². The molecule has 0 nitrogen and oxygen atoms in total. The van der Waals surface area contributed by atoms with E-state index < -0.39 is 4.01 Å². The zero-order valence-electron chi connectivity index (χ0n) is 11.7. The second-order valence-electron chi connectivity index (χ2n) is 4.91. The molecule has 3 aromatic rings. The topological polar surface area (TPSA) is 0 Å². The first-order chi connectivity index (χ1) is 10.1. The summed E-state index contributed by atoms with van der Waals surface area (Å²) in [4.78, 5) is 0. The molecule has 0 aliphatic carbocycles. The van der Waals surface area contributed by atoms with Gasteiger partial charge in [-0.15, -0.1) is 0 Å². The van der Waals surface area contributed by atoms with Crippen LogP contribution in [0.1, 0.15) is 0 Å². The van der Waals surface area contributed by atoms with Gasteiger partial charge in [-0.2, -0.15) is 0 Å². The van der Waals surface area contributed by atoms with Crippen LogP contribution in [0.4, 0.5) is 0 Å². The maximum absolute atomic E-state index is 4.16. The molecule has 0 spiro atoms. The monoisotopic (exact) mass is 478 g/mol. The van der Waals surface area contributed by atoms with Gasteiger partial charge in [0.1, 0.15) is 0 Å². The Labute approximate surface area is 157 Å². The van der Waals surface area contributed by atoms with Crippen molar-refractivity contribution in [1.29, 1.82) is 0 Å². The van der Waals surface area contributed by atoms with Gasteiger partial charge < -0.3 is 0 Å². The molecule has 3 aromatic carbocycles. The summed E-state index contributed by atoms with van der Waals surface area (Å²) in [6.45, 7) is 0. The fourth-order valence-corrected chi connectivity index (χ4v) is 9.75. The van der Waals surface area contributed by atoms with Crippen LogP contribution in [0.3, 0.4) is 0 Å². The van der Waals surface area contributed by atoms with Crippen LogP contribution in [-0.4, -0.2) is 0 Å². The van der Waals surface area contributed by atoms with E-state index in [1.54, 1.807) is 0 Å². The van der Waals surface area contributed by atoms with Crippen molar-refractivity contribution < 1.29 is 16.5 Å². The molecule has 0 aromatic heterocycles. The van der Waals surface area contributed by atoms with Gasteiger partial charge in [0, 0.05) is 16.5 Å². The zero-order valence-corrected chi connectivity index (χ0v) is 16.7. The van der Waals surface area contributed by atoms with Crippen LogP contribution in [-0.2, 0) is 16.5 Å². The van der Waals surface area contributed by atoms with Crippen molar-refractivity contribution in [2.75, 3.05) is 0 Å². The Balaban J connectivity index is 0.00000176. The minimum Gasteiger partial charge on any atom is 0 e. The van der Waals surface area contributed by atoms with E-state index in [2.05, 4.69) is 122 Å². The first-order valence-electron chi connectivity index (χ1n) is 6.74. The van der Waals surface area contributed by atoms with Crippen molar-refractivity contribution in [1.82, 2.24) is 0 Å². The summed E-state index contributed by atoms with van der Waals surface area (Å²) in [7, 11) is 0. The van der Waals surface area contributed by atoms with E-state index in [1.807, 2.05) is 0 Å². The molecule has 0 aliphatic rings. The Kier molecular flexibility index (Phi) is 5.67. The van der Waals surface area contributed by atoms with Crippen LogP contribution in [0, 0.1) is 0 Å². The molecule has 0 saturated heterocycles. The summed E-state index contributed by atoms with van der Waals surface area (Å²) in [5.41, 5.74) is 0. The minimum atomic E-state index is -2.75. The average molecular weight is 481 g/mol. The molecule has 3 rings (SSSR count). The Morgan fingerprint density at radius 2 is 0.682 bits per heavy atom. The van der Waals surface area contributed by atoms with Crippen LogP contribution >= 0.6 is 35.0 Å². The first kappa shape index (κ1) is 17.9. The number of hydrogen-bond acceptors (Lipinski definition) is 0. The molecule has 0 bridgehead atoms. The third-order valence-corrected chi connectivity index (χ3v) is 14.6. The summed E-state index contributed by atoms with van der Waals surface area (Å²) in [6, 6.07) is 31.8. The fourth-order valence-electron chi connectivity index (χ4n) is 2.52. The summed E-state index contributed by atoms with van der Waals surface area (Å²) in [5, 5.41) is 3.79. The molecule has 0 atom stereocenters. The van der Waals surface area contributed by atoms with E-state index in [0.29, 0.717) is 0 Å². The van der Waals surface area contributed by atoms with Gasteiger partial charge in [0.05, 0.1) is 0 Å². The van der Waals surface area contributed by atoms with E-state index in [9.17, 15) is 0 Å². The van der Waals surface area contributed by atoms with Crippen LogP contribution in [0.15, 0.2) is 91.0 Å². The number of halogens is 2. The van der Waals surface area contributed by atoms with Crippen molar-refractivity contribution in [3.8, 4) is 0 Å². The normalized spacial score (nSPS) is 12.7. The van der Waals surface area contributed by atoms with Crippen molar-refractivity contribution in [3.63, 3.8) is 0 Å². The van der Waals surface area contributed by atoms with Gasteiger partial charge >= 0.3 is 142 Å². The summed E-state index contributed by atoms with van der Waals surface area (Å²) < 4.78 is -2.75. The third-order valence-electron chi connectivity index (χ3n) is 3.63. The Bertz CT molecular complexity index is 627. The van der Waals surface area contributed by atoms with E-state index in [1.165, 1.54) is 15.9 Å². The maximum atomic E-state index is 4.16. The number of benzene rings is 3. The van der Waals surface area contributed by atoms with E-state index in [-0.39, 0.29) is 16.5 Å². The van der Waals surface area contributed by atoms with Gasteiger partial charge in [-0.1, -0.05) is 0 Å². The van der Waals surface area contributed by atoms with Gasteiger partial charge in [0.2, 0.25) is 0 Å². The van der Waals surface area contributed by atoms with E-state index in [0.717, 1.165) is 0 Å². The standard InChI is InChI=1S/C18H15Br2P.Ni/c19-21(20,16-10-4-1-5-11-16,17-12-6-2-7-13-17)18-14-8-3-9-15-18;/h1-15H;. The fraction of sp³-hybridized carbons (Fsp3) is 0. The average Bonchev–Trinajstić information content (AvgIpc) is 2.57. The van der Waals surface area contributed by atoms with Crippen molar-refractivity contribution >= 4 is 50.9 Å². The van der Waals surface area contributed by atoms with E-state index >= 15 is 0 Å². The Hall–Kier alpha value is -0.456. The van der Waals surface area contributed by atoms with Crippen molar-refractivity contribution in [2.24, 2.45) is 0 Å². The molecule has 0 aliphatic heterocycles. The number of hydrogen-bond donors (Lipinski definition) is 0. The molecule has 0 saturated carbocycles. The predicted molar refractivity (Wildman–Crippen MR) is 103 cm³/mol. The van der Waals surface area contributed by atoms with Crippen LogP contribution in [0.5, 0.6) is 0 Å². The molecule has 0 N–H and O–H groups in total. The molecule has 22 heavy (non-hydrogen) atoms. The zero-order chi connectivity index (χ0) is 14.8. The summed E-state index contributed by atoms with van der Waals surface area (Å²) in [5.74, 6) is 0. The van der Waals surface area contributed by atoms with Gasteiger partial charge in [-0.25, -0.2) is 0 Å². The molecule has 0 heterocycles. The van der Waals surface area contributed by atoms with Crippen LogP contribution in [0.25, 0.3) is 0 Å². The maximum Gasteiger partial charge on any atom is 0 e. The molecule has 0 fully saturated rings. The molecule has 0 radical (unpaired) electrons. The van der Waals surface area contributed by atoms with Gasteiger partial charge in [0.25, 0.3) is 0 Å². The predicted octanol–water partition coefficient (Wildman–Crippen LogP) is 5.13. The summed E-state index contributed by atoms with van der Waals surface area (Å²) >= 11 is 8.32. The summed E-state index contributed by atoms with van der Waals surface area (Å²) in [6.07, 6.45) is 0. The van der Waals surface area contributed by atoms with Gasteiger partial charge in [-0.05, 0) is 0 Å². The third kappa shape index (κ3) is 2.97.